The molecule has 0 radical (unpaired) electrons. The summed E-state index contributed by atoms with van der Waals surface area (Å²) in [6.45, 7) is 27.4. The van der Waals surface area contributed by atoms with Crippen molar-refractivity contribution in [1.82, 2.24) is 0 Å². The molecule has 0 bridgehead atoms. The van der Waals surface area contributed by atoms with E-state index >= 15 is 0 Å². The van der Waals surface area contributed by atoms with E-state index in [2.05, 4.69) is 105 Å². The third-order valence-corrected chi connectivity index (χ3v) is 20.3. The highest BCUT2D eigenvalue weighted by molar-refractivity contribution is 6.74. The van der Waals surface area contributed by atoms with E-state index < -0.39 is 16.6 Å². The van der Waals surface area contributed by atoms with E-state index in [4.69, 9.17) is 13.6 Å². The Morgan fingerprint density at radius 2 is 1.52 bits per heavy atom. The number of carbonyl (C=O) groups is 2. The molecule has 0 amide bonds. The van der Waals surface area contributed by atoms with Gasteiger partial charge in [-0.05, 0) is 97.7 Å². The third-order valence-electron chi connectivity index (χ3n) is 11.3. The molecule has 7 heteroatoms. The summed E-state index contributed by atoms with van der Waals surface area (Å²) in [5.74, 6) is -0.0531. The zero-order chi connectivity index (χ0) is 35.9. The van der Waals surface area contributed by atoms with Gasteiger partial charge in [0.25, 0.3) is 0 Å². The van der Waals surface area contributed by atoms with Gasteiger partial charge in [0.05, 0.1) is 24.4 Å². The minimum atomic E-state index is -2.12. The van der Waals surface area contributed by atoms with Gasteiger partial charge in [-0.2, -0.15) is 0 Å². The van der Waals surface area contributed by atoms with Crippen LogP contribution in [0.15, 0.2) is 48.5 Å². The first-order chi connectivity index (χ1) is 22.3. The van der Waals surface area contributed by atoms with E-state index in [0.717, 1.165) is 37.7 Å². The monoisotopic (exact) mass is 694 g/mol. The highest BCUT2D eigenvalue weighted by Gasteiger charge is 2.48. The third kappa shape index (κ3) is 10.5. The molecule has 1 fully saturated rings. The van der Waals surface area contributed by atoms with Crippen molar-refractivity contribution in [3.8, 4) is 0 Å². The number of rotatable bonds is 16. The second kappa shape index (κ2) is 16.8. The molecule has 1 unspecified atom stereocenters. The molecule has 2 aromatic rings. The molecule has 0 aromatic heterocycles. The van der Waals surface area contributed by atoms with Gasteiger partial charge in [-0.25, -0.2) is 4.79 Å². The van der Waals surface area contributed by atoms with Crippen molar-refractivity contribution in [3.63, 3.8) is 0 Å². The Kier molecular flexibility index (Phi) is 14.1. The number of hydrogen-bond donors (Lipinski definition) is 0. The quantitative estimate of drug-likeness (QED) is 0.0994. The zero-order valence-electron chi connectivity index (χ0n) is 32.3. The van der Waals surface area contributed by atoms with E-state index in [1.807, 2.05) is 19.1 Å². The molecule has 3 rings (SSSR count). The highest BCUT2D eigenvalue weighted by atomic mass is 28.4. The molecule has 2 aromatic carbocycles. The van der Waals surface area contributed by atoms with Gasteiger partial charge in [-0.3, -0.25) is 4.79 Å². The first kappa shape index (κ1) is 40.4. The zero-order valence-corrected chi connectivity index (χ0v) is 34.3. The summed E-state index contributed by atoms with van der Waals surface area (Å²) in [6, 6.07) is 16.8. The normalized spacial score (nSPS) is 19.8. The maximum absolute atomic E-state index is 13.8. The molecular formula is C41H66O5Si2. The molecule has 0 aliphatic heterocycles. The van der Waals surface area contributed by atoms with Crippen molar-refractivity contribution < 1.29 is 23.2 Å². The van der Waals surface area contributed by atoms with Crippen LogP contribution in [0.5, 0.6) is 0 Å². The SMILES string of the molecule is CCCCCC(O[Si](C)(C)C(C)(C)C)c1ccc([C@H]2[C@H](O[Si](C)(C)C(C)(C)C)CC(=O)[C@@H]2CCCc2cccc(C(=O)OCC)c2)cc1. The Bertz CT molecular complexity index is 1340. The van der Waals surface area contributed by atoms with Crippen LogP contribution >= 0.6 is 0 Å². The molecule has 5 nitrogen and oxygen atoms in total. The lowest BCUT2D eigenvalue weighted by Gasteiger charge is -2.40. The fraction of sp³-hybridized carbons (Fsp3) is 0.659. The number of esters is 1. The van der Waals surface area contributed by atoms with Gasteiger partial charge >= 0.3 is 5.97 Å². The molecule has 1 aliphatic carbocycles. The molecule has 48 heavy (non-hydrogen) atoms. The van der Waals surface area contributed by atoms with Gasteiger partial charge in [-0.15, -0.1) is 0 Å². The van der Waals surface area contributed by atoms with Gasteiger partial charge in [0.1, 0.15) is 5.78 Å². The Labute approximate surface area is 295 Å². The lowest BCUT2D eigenvalue weighted by molar-refractivity contribution is -0.121. The molecular weight excluding hydrogens is 629 g/mol. The van der Waals surface area contributed by atoms with Gasteiger partial charge in [-0.1, -0.05) is 104 Å². The Hall–Kier alpha value is -2.07. The van der Waals surface area contributed by atoms with Crippen LogP contribution in [0.4, 0.5) is 0 Å². The number of hydrogen-bond acceptors (Lipinski definition) is 5. The summed E-state index contributed by atoms with van der Waals surface area (Å²) < 4.78 is 19.3. The van der Waals surface area contributed by atoms with Crippen molar-refractivity contribution in [2.24, 2.45) is 5.92 Å². The van der Waals surface area contributed by atoms with Crippen molar-refractivity contribution >= 4 is 28.4 Å². The molecule has 1 aliphatic rings. The average Bonchev–Trinajstić information content (AvgIpc) is 3.29. The van der Waals surface area contributed by atoms with Crippen LogP contribution in [-0.2, 0) is 24.8 Å². The summed E-state index contributed by atoms with van der Waals surface area (Å²) in [6.07, 6.45) is 7.47. The molecule has 4 atom stereocenters. The molecule has 268 valence electrons. The summed E-state index contributed by atoms with van der Waals surface area (Å²) in [5, 5.41) is 0.196. The van der Waals surface area contributed by atoms with Crippen molar-refractivity contribution in [2.75, 3.05) is 6.61 Å². The predicted molar refractivity (Wildman–Crippen MR) is 205 cm³/mol. The van der Waals surface area contributed by atoms with E-state index in [9.17, 15) is 9.59 Å². The van der Waals surface area contributed by atoms with Crippen molar-refractivity contribution in [1.29, 1.82) is 0 Å². The summed E-state index contributed by atoms with van der Waals surface area (Å²) in [7, 11) is -4.08. The molecule has 0 saturated heterocycles. The maximum Gasteiger partial charge on any atom is 0.338 e. The van der Waals surface area contributed by atoms with Gasteiger partial charge in [0.2, 0.25) is 0 Å². The van der Waals surface area contributed by atoms with Crippen LogP contribution in [0, 0.1) is 5.92 Å². The van der Waals surface area contributed by atoms with Gasteiger partial charge < -0.3 is 13.6 Å². The topological polar surface area (TPSA) is 61.8 Å². The first-order valence-corrected chi connectivity index (χ1v) is 24.4. The summed E-state index contributed by atoms with van der Waals surface area (Å²) in [4.78, 5) is 26.1. The molecule has 0 heterocycles. The van der Waals surface area contributed by atoms with Gasteiger partial charge in [0.15, 0.2) is 16.6 Å². The van der Waals surface area contributed by atoms with E-state index in [1.165, 1.54) is 24.0 Å². The standard InChI is InChI=1S/C41H66O5Si2/c1-13-15-16-23-36(45-47(9,10)40(3,4)5)31-24-26-32(27-25-31)38-34(35(42)29-37(38)46-48(11,12)41(6,7)8)22-18-20-30-19-17-21-33(28-30)39(43)44-14-2/h17,19,21,24-28,34,36-38H,13-16,18,20,22-23,29H2,1-12H3/t34-,36?,37+,38+/m0/s1. The van der Waals surface area contributed by atoms with Crippen LogP contribution in [0.2, 0.25) is 36.3 Å². The number of carbonyl (C=O) groups excluding carboxylic acids is 2. The molecule has 1 saturated carbocycles. The maximum atomic E-state index is 13.8. The first-order valence-electron chi connectivity index (χ1n) is 18.6. The lowest BCUT2D eigenvalue weighted by atomic mass is 9.83. The largest absolute Gasteiger partial charge is 0.462 e. The highest BCUT2D eigenvalue weighted by Crippen LogP contribution is 2.47. The second-order valence-electron chi connectivity index (χ2n) is 17.1. The van der Waals surface area contributed by atoms with Crippen LogP contribution in [-0.4, -0.2) is 41.1 Å². The fourth-order valence-electron chi connectivity index (χ4n) is 6.33. The predicted octanol–water partition coefficient (Wildman–Crippen LogP) is 11.6. The molecule has 0 N–H and O–H groups in total. The van der Waals surface area contributed by atoms with E-state index in [1.54, 1.807) is 6.07 Å². The number of aryl methyl sites for hydroxylation is 1. The number of ketones is 1. The van der Waals surface area contributed by atoms with E-state index in [-0.39, 0.29) is 40.1 Å². The number of benzene rings is 2. The van der Waals surface area contributed by atoms with Crippen LogP contribution in [0.1, 0.15) is 139 Å². The van der Waals surface area contributed by atoms with Crippen LogP contribution < -0.4 is 0 Å². The van der Waals surface area contributed by atoms with Gasteiger partial charge in [0, 0.05) is 18.3 Å². The number of Topliss-reactive ketones (excluding diaryl/α,β-unsaturated/α-hetero) is 1. The fourth-order valence-corrected chi connectivity index (χ4v) is 8.99. The van der Waals surface area contributed by atoms with E-state index in [0.29, 0.717) is 24.4 Å². The number of unbranched alkanes of at least 4 members (excludes halogenated alkanes) is 2. The Morgan fingerprint density at radius 1 is 0.875 bits per heavy atom. The minimum absolute atomic E-state index is 0.0198. The van der Waals surface area contributed by atoms with Crippen molar-refractivity contribution in [3.05, 3.63) is 70.8 Å². The van der Waals surface area contributed by atoms with Crippen LogP contribution in [0.3, 0.4) is 0 Å². The summed E-state index contributed by atoms with van der Waals surface area (Å²) in [5.41, 5.74) is 4.11. The van der Waals surface area contributed by atoms with Crippen molar-refractivity contribution in [2.45, 2.75) is 161 Å². The minimum Gasteiger partial charge on any atom is -0.462 e. The smallest absolute Gasteiger partial charge is 0.338 e. The number of ether oxygens (including phenoxy) is 1. The average molecular weight is 695 g/mol. The second-order valence-corrected chi connectivity index (χ2v) is 26.6. The Morgan fingerprint density at radius 3 is 2.10 bits per heavy atom. The summed E-state index contributed by atoms with van der Waals surface area (Å²) >= 11 is 0. The molecule has 0 spiro atoms. The lowest BCUT2D eigenvalue weighted by Crippen LogP contribution is -2.44. The Balaban J connectivity index is 1.90. The van der Waals surface area contributed by atoms with Crippen LogP contribution in [0.25, 0.3) is 0 Å².